The molecular formula is C14H22N4S. The first-order valence-electron chi connectivity index (χ1n) is 6.99. The number of fused-ring (bicyclic) bond motifs is 1. The van der Waals surface area contributed by atoms with Crippen LogP contribution in [0.2, 0.25) is 0 Å². The maximum Gasteiger partial charge on any atom is 0.194 e. The summed E-state index contributed by atoms with van der Waals surface area (Å²) in [4.78, 5) is 9.49. The van der Waals surface area contributed by atoms with Gasteiger partial charge in [-0.05, 0) is 46.8 Å². The second kappa shape index (κ2) is 5.23. The molecule has 0 radical (unpaired) electrons. The number of hydrogen-bond donors (Lipinski definition) is 1. The zero-order valence-electron chi connectivity index (χ0n) is 11.9. The number of piperidine rings is 1. The molecule has 5 heteroatoms. The summed E-state index contributed by atoms with van der Waals surface area (Å²) in [5, 5.41) is 3.70. The van der Waals surface area contributed by atoms with Gasteiger partial charge in [-0.1, -0.05) is 0 Å². The molecule has 0 aliphatic carbocycles. The molecule has 0 unspecified atom stereocenters. The van der Waals surface area contributed by atoms with Crippen molar-refractivity contribution < 1.29 is 0 Å². The number of likely N-dealkylation sites (tertiary alicyclic amines) is 1. The van der Waals surface area contributed by atoms with E-state index in [4.69, 9.17) is 0 Å². The number of aryl methyl sites for hydroxylation is 2. The highest BCUT2D eigenvalue weighted by Gasteiger charge is 2.17. The Morgan fingerprint density at radius 3 is 2.84 bits per heavy atom. The fourth-order valence-electron chi connectivity index (χ4n) is 2.78. The smallest absolute Gasteiger partial charge is 0.194 e. The lowest BCUT2D eigenvalue weighted by Crippen LogP contribution is -2.40. The number of nitrogens with zero attached hydrogens (tertiary/aromatic N) is 3. The number of imidazole rings is 1. The summed E-state index contributed by atoms with van der Waals surface area (Å²) in [5.74, 6) is 0. The summed E-state index contributed by atoms with van der Waals surface area (Å²) in [5.41, 5.74) is 2.48. The van der Waals surface area contributed by atoms with Gasteiger partial charge in [-0.2, -0.15) is 0 Å². The zero-order chi connectivity index (χ0) is 13.4. The Balaban J connectivity index is 1.69. The van der Waals surface area contributed by atoms with E-state index in [0.29, 0.717) is 6.04 Å². The van der Waals surface area contributed by atoms with Crippen LogP contribution in [0.15, 0.2) is 6.20 Å². The molecule has 1 N–H and O–H groups in total. The first-order valence-corrected chi connectivity index (χ1v) is 7.81. The van der Waals surface area contributed by atoms with Crippen LogP contribution in [0, 0.1) is 13.8 Å². The van der Waals surface area contributed by atoms with Crippen LogP contribution in [0.1, 0.15) is 29.1 Å². The highest BCUT2D eigenvalue weighted by molar-refractivity contribution is 7.17. The standard InChI is InChI=1S/C14H22N4S/c1-10-9-18-13(11(2)16-14(18)19-10)8-15-12-4-6-17(3)7-5-12/h9,12,15H,4-8H2,1-3H3. The monoisotopic (exact) mass is 278 g/mol. The summed E-state index contributed by atoms with van der Waals surface area (Å²) in [7, 11) is 2.20. The van der Waals surface area contributed by atoms with Gasteiger partial charge < -0.3 is 10.2 Å². The molecule has 4 nitrogen and oxygen atoms in total. The van der Waals surface area contributed by atoms with Crippen molar-refractivity contribution in [3.05, 3.63) is 22.5 Å². The molecule has 104 valence electrons. The van der Waals surface area contributed by atoms with Gasteiger partial charge in [0, 0.05) is 23.7 Å². The van der Waals surface area contributed by atoms with Crippen molar-refractivity contribution in [2.75, 3.05) is 20.1 Å². The summed E-state index contributed by atoms with van der Waals surface area (Å²) in [6.07, 6.45) is 4.70. The van der Waals surface area contributed by atoms with Gasteiger partial charge in [0.15, 0.2) is 4.96 Å². The molecule has 0 amide bonds. The molecule has 3 heterocycles. The lowest BCUT2D eigenvalue weighted by molar-refractivity contribution is 0.233. The predicted molar refractivity (Wildman–Crippen MR) is 79.9 cm³/mol. The van der Waals surface area contributed by atoms with Gasteiger partial charge >= 0.3 is 0 Å². The van der Waals surface area contributed by atoms with Crippen molar-refractivity contribution in [1.29, 1.82) is 0 Å². The Hall–Kier alpha value is -0.910. The van der Waals surface area contributed by atoms with Crippen molar-refractivity contribution in [2.24, 2.45) is 0 Å². The number of rotatable bonds is 3. The van der Waals surface area contributed by atoms with Crippen LogP contribution in [0.3, 0.4) is 0 Å². The Kier molecular flexibility index (Phi) is 3.60. The Morgan fingerprint density at radius 2 is 2.11 bits per heavy atom. The molecule has 2 aromatic rings. The first kappa shape index (κ1) is 13.1. The lowest BCUT2D eigenvalue weighted by atomic mass is 10.1. The normalized spacial score (nSPS) is 18.5. The van der Waals surface area contributed by atoms with E-state index in [-0.39, 0.29) is 0 Å². The van der Waals surface area contributed by atoms with Crippen LogP contribution in [0.5, 0.6) is 0 Å². The molecule has 0 spiro atoms. The van der Waals surface area contributed by atoms with Crippen molar-refractivity contribution in [2.45, 2.75) is 39.3 Å². The third kappa shape index (κ3) is 2.68. The van der Waals surface area contributed by atoms with E-state index >= 15 is 0 Å². The fraction of sp³-hybridized carbons (Fsp3) is 0.643. The van der Waals surface area contributed by atoms with Crippen molar-refractivity contribution >= 4 is 16.3 Å². The number of aromatic nitrogens is 2. The molecule has 1 aliphatic heterocycles. The lowest BCUT2D eigenvalue weighted by Gasteiger charge is -2.29. The molecule has 19 heavy (non-hydrogen) atoms. The summed E-state index contributed by atoms with van der Waals surface area (Å²) < 4.78 is 2.25. The Morgan fingerprint density at radius 1 is 1.37 bits per heavy atom. The summed E-state index contributed by atoms with van der Waals surface area (Å²) >= 11 is 1.77. The van der Waals surface area contributed by atoms with E-state index in [1.165, 1.54) is 36.5 Å². The molecule has 2 aromatic heterocycles. The van der Waals surface area contributed by atoms with E-state index < -0.39 is 0 Å². The largest absolute Gasteiger partial charge is 0.308 e. The average molecular weight is 278 g/mol. The highest BCUT2D eigenvalue weighted by Crippen LogP contribution is 2.21. The summed E-state index contributed by atoms with van der Waals surface area (Å²) in [6, 6.07) is 0.654. The van der Waals surface area contributed by atoms with E-state index in [9.17, 15) is 0 Å². The van der Waals surface area contributed by atoms with E-state index in [0.717, 1.165) is 17.2 Å². The van der Waals surface area contributed by atoms with E-state index in [1.807, 2.05) is 0 Å². The molecule has 0 saturated carbocycles. The van der Waals surface area contributed by atoms with Gasteiger partial charge in [-0.25, -0.2) is 4.98 Å². The van der Waals surface area contributed by atoms with Gasteiger partial charge in [0.1, 0.15) is 0 Å². The van der Waals surface area contributed by atoms with Crippen LogP contribution in [-0.2, 0) is 6.54 Å². The quantitative estimate of drug-likeness (QED) is 0.934. The Labute approximate surface area is 118 Å². The van der Waals surface area contributed by atoms with Crippen LogP contribution in [0.4, 0.5) is 0 Å². The van der Waals surface area contributed by atoms with Crippen LogP contribution in [-0.4, -0.2) is 40.5 Å². The minimum Gasteiger partial charge on any atom is -0.308 e. The van der Waals surface area contributed by atoms with Crippen LogP contribution < -0.4 is 5.32 Å². The predicted octanol–water partition coefficient (Wildman–Crippen LogP) is 2.20. The van der Waals surface area contributed by atoms with Crippen molar-refractivity contribution in [3.8, 4) is 0 Å². The third-order valence-electron chi connectivity index (χ3n) is 4.02. The molecule has 3 rings (SSSR count). The van der Waals surface area contributed by atoms with Gasteiger partial charge in [-0.3, -0.25) is 4.40 Å². The minimum atomic E-state index is 0.654. The zero-order valence-corrected chi connectivity index (χ0v) is 12.8. The number of thiazole rings is 1. The molecule has 1 saturated heterocycles. The molecule has 0 atom stereocenters. The van der Waals surface area contributed by atoms with E-state index in [2.05, 4.69) is 46.7 Å². The molecule has 0 aromatic carbocycles. The highest BCUT2D eigenvalue weighted by atomic mass is 32.1. The summed E-state index contributed by atoms with van der Waals surface area (Å²) in [6.45, 7) is 7.59. The van der Waals surface area contributed by atoms with Gasteiger partial charge in [0.05, 0.1) is 11.4 Å². The molecule has 1 fully saturated rings. The van der Waals surface area contributed by atoms with Crippen molar-refractivity contribution in [3.63, 3.8) is 0 Å². The van der Waals surface area contributed by atoms with Gasteiger partial charge in [0.2, 0.25) is 0 Å². The van der Waals surface area contributed by atoms with Gasteiger partial charge in [-0.15, -0.1) is 11.3 Å². The maximum atomic E-state index is 4.64. The van der Waals surface area contributed by atoms with E-state index in [1.54, 1.807) is 11.3 Å². The van der Waals surface area contributed by atoms with Gasteiger partial charge in [0.25, 0.3) is 0 Å². The first-order chi connectivity index (χ1) is 9.13. The Bertz CT molecular complexity index is 563. The minimum absolute atomic E-state index is 0.654. The molecule has 0 bridgehead atoms. The molecule has 1 aliphatic rings. The maximum absolute atomic E-state index is 4.64. The van der Waals surface area contributed by atoms with Crippen LogP contribution in [0.25, 0.3) is 4.96 Å². The number of nitrogens with one attached hydrogen (secondary N) is 1. The molecular weight excluding hydrogens is 256 g/mol. The van der Waals surface area contributed by atoms with Crippen LogP contribution >= 0.6 is 11.3 Å². The topological polar surface area (TPSA) is 32.6 Å². The fourth-order valence-corrected chi connectivity index (χ4v) is 3.67. The second-order valence-electron chi connectivity index (χ2n) is 5.60. The third-order valence-corrected chi connectivity index (χ3v) is 4.92. The average Bonchev–Trinajstić information content (AvgIpc) is 2.85. The second-order valence-corrected chi connectivity index (χ2v) is 6.81. The SMILES string of the molecule is Cc1cn2c(CNC3CCN(C)CC3)c(C)nc2s1. The van der Waals surface area contributed by atoms with Crippen molar-refractivity contribution in [1.82, 2.24) is 19.6 Å². The number of hydrogen-bond acceptors (Lipinski definition) is 4.